The molecule has 1 atom stereocenters. The van der Waals surface area contributed by atoms with Crippen LogP contribution < -0.4 is 5.32 Å². The van der Waals surface area contributed by atoms with Crippen molar-refractivity contribution in [2.24, 2.45) is 13.0 Å². The minimum Gasteiger partial charge on any atom is -0.317 e. The lowest BCUT2D eigenvalue weighted by molar-refractivity contribution is 0.357. The standard InChI is InChI=1S/C14H25N3/c1-11-10-13(17(3)16-11)8-9-14(15-2)12-6-4-5-7-12/h10,12,14-15H,4-9H2,1-3H3. The average molecular weight is 235 g/mol. The van der Waals surface area contributed by atoms with Gasteiger partial charge in [-0.3, -0.25) is 4.68 Å². The summed E-state index contributed by atoms with van der Waals surface area (Å²) in [7, 11) is 4.16. The summed E-state index contributed by atoms with van der Waals surface area (Å²) < 4.78 is 2.02. The lowest BCUT2D eigenvalue weighted by atomic mass is 9.93. The maximum absolute atomic E-state index is 4.41. The molecule has 1 unspecified atom stereocenters. The Morgan fingerprint density at radius 2 is 2.18 bits per heavy atom. The Bertz CT molecular complexity index is 350. The minimum absolute atomic E-state index is 0.688. The Balaban J connectivity index is 1.89. The predicted octanol–water partition coefficient (Wildman–Crippen LogP) is 2.44. The zero-order valence-corrected chi connectivity index (χ0v) is 11.4. The van der Waals surface area contributed by atoms with Gasteiger partial charge in [0.2, 0.25) is 0 Å². The number of hydrogen-bond donors (Lipinski definition) is 1. The molecule has 1 aromatic heterocycles. The monoisotopic (exact) mass is 235 g/mol. The third-order valence-corrected chi connectivity index (χ3v) is 4.15. The Hall–Kier alpha value is -0.830. The molecule has 1 heterocycles. The Labute approximate surface area is 105 Å². The first-order valence-corrected chi connectivity index (χ1v) is 6.87. The summed E-state index contributed by atoms with van der Waals surface area (Å²) in [5.41, 5.74) is 2.49. The molecule has 1 aliphatic carbocycles. The van der Waals surface area contributed by atoms with E-state index < -0.39 is 0 Å². The molecule has 2 rings (SSSR count). The van der Waals surface area contributed by atoms with Crippen LogP contribution >= 0.6 is 0 Å². The fourth-order valence-electron chi connectivity index (χ4n) is 3.18. The zero-order chi connectivity index (χ0) is 12.3. The van der Waals surface area contributed by atoms with Crippen LogP contribution in [-0.4, -0.2) is 22.9 Å². The normalized spacial score (nSPS) is 18.8. The van der Waals surface area contributed by atoms with Crippen LogP contribution in [0.3, 0.4) is 0 Å². The maximum atomic E-state index is 4.41. The molecule has 0 aliphatic heterocycles. The van der Waals surface area contributed by atoms with Crippen molar-refractivity contribution >= 4 is 0 Å². The summed E-state index contributed by atoms with van der Waals surface area (Å²) in [6.07, 6.45) is 8.05. The van der Waals surface area contributed by atoms with E-state index in [0.29, 0.717) is 6.04 Å². The van der Waals surface area contributed by atoms with E-state index in [1.165, 1.54) is 37.8 Å². The summed E-state index contributed by atoms with van der Waals surface area (Å²) in [5.74, 6) is 0.898. The van der Waals surface area contributed by atoms with Crippen LogP contribution in [-0.2, 0) is 13.5 Å². The van der Waals surface area contributed by atoms with Gasteiger partial charge in [0, 0.05) is 18.8 Å². The van der Waals surface area contributed by atoms with Gasteiger partial charge >= 0.3 is 0 Å². The van der Waals surface area contributed by atoms with Gasteiger partial charge in [0.05, 0.1) is 5.69 Å². The van der Waals surface area contributed by atoms with Crippen LogP contribution in [0.1, 0.15) is 43.5 Å². The smallest absolute Gasteiger partial charge is 0.0596 e. The van der Waals surface area contributed by atoms with Gasteiger partial charge in [-0.2, -0.15) is 5.10 Å². The second-order valence-electron chi connectivity index (χ2n) is 5.38. The van der Waals surface area contributed by atoms with Crippen LogP contribution in [0.2, 0.25) is 0 Å². The van der Waals surface area contributed by atoms with Gasteiger partial charge in [-0.05, 0) is 51.6 Å². The van der Waals surface area contributed by atoms with Crippen molar-refractivity contribution in [3.8, 4) is 0 Å². The lowest BCUT2D eigenvalue weighted by Crippen LogP contribution is -2.32. The fraction of sp³-hybridized carbons (Fsp3) is 0.786. The Kier molecular flexibility index (Phi) is 4.21. The molecule has 0 aromatic carbocycles. The summed E-state index contributed by atoms with van der Waals surface area (Å²) in [5, 5.41) is 7.92. The molecular weight excluding hydrogens is 210 g/mol. The van der Waals surface area contributed by atoms with Gasteiger partial charge in [-0.1, -0.05) is 12.8 Å². The summed E-state index contributed by atoms with van der Waals surface area (Å²) in [6.45, 7) is 2.07. The lowest BCUT2D eigenvalue weighted by Gasteiger charge is -2.22. The van der Waals surface area contributed by atoms with Crippen molar-refractivity contribution in [1.29, 1.82) is 0 Å². The third kappa shape index (κ3) is 3.09. The zero-order valence-electron chi connectivity index (χ0n) is 11.4. The van der Waals surface area contributed by atoms with Gasteiger partial charge in [-0.15, -0.1) is 0 Å². The first-order chi connectivity index (χ1) is 8.20. The topological polar surface area (TPSA) is 29.9 Å². The fourth-order valence-corrected chi connectivity index (χ4v) is 3.18. The van der Waals surface area contributed by atoms with E-state index in [0.717, 1.165) is 18.0 Å². The minimum atomic E-state index is 0.688. The molecule has 1 N–H and O–H groups in total. The number of aryl methyl sites for hydroxylation is 3. The number of nitrogens with zero attached hydrogens (tertiary/aromatic N) is 2. The quantitative estimate of drug-likeness (QED) is 0.849. The predicted molar refractivity (Wildman–Crippen MR) is 71.1 cm³/mol. The summed E-state index contributed by atoms with van der Waals surface area (Å²) >= 11 is 0. The van der Waals surface area contributed by atoms with E-state index >= 15 is 0 Å². The Morgan fingerprint density at radius 1 is 1.47 bits per heavy atom. The van der Waals surface area contributed by atoms with Crippen LogP contribution in [0.4, 0.5) is 0 Å². The van der Waals surface area contributed by atoms with Gasteiger partial charge in [0.15, 0.2) is 0 Å². The second kappa shape index (κ2) is 5.67. The molecule has 0 amide bonds. The van der Waals surface area contributed by atoms with Crippen molar-refractivity contribution in [3.05, 3.63) is 17.5 Å². The van der Waals surface area contributed by atoms with Crippen molar-refractivity contribution in [1.82, 2.24) is 15.1 Å². The van der Waals surface area contributed by atoms with E-state index in [9.17, 15) is 0 Å². The molecule has 1 aromatic rings. The average Bonchev–Trinajstić information content (AvgIpc) is 2.90. The van der Waals surface area contributed by atoms with Gasteiger partial charge in [-0.25, -0.2) is 0 Å². The molecule has 0 spiro atoms. The van der Waals surface area contributed by atoms with Crippen molar-refractivity contribution in [2.45, 2.75) is 51.5 Å². The van der Waals surface area contributed by atoms with Crippen molar-refractivity contribution in [2.75, 3.05) is 7.05 Å². The van der Waals surface area contributed by atoms with Gasteiger partial charge in [0.1, 0.15) is 0 Å². The summed E-state index contributed by atoms with van der Waals surface area (Å²) in [6, 6.07) is 2.90. The maximum Gasteiger partial charge on any atom is 0.0596 e. The molecule has 0 bridgehead atoms. The molecule has 1 saturated carbocycles. The molecule has 0 saturated heterocycles. The molecule has 3 nitrogen and oxygen atoms in total. The van der Waals surface area contributed by atoms with Crippen LogP contribution in [0.25, 0.3) is 0 Å². The number of hydrogen-bond acceptors (Lipinski definition) is 2. The van der Waals surface area contributed by atoms with Gasteiger partial charge in [0.25, 0.3) is 0 Å². The van der Waals surface area contributed by atoms with E-state index in [2.05, 4.69) is 30.5 Å². The first-order valence-electron chi connectivity index (χ1n) is 6.87. The number of aromatic nitrogens is 2. The molecular formula is C14H25N3. The number of nitrogens with one attached hydrogen (secondary N) is 1. The van der Waals surface area contributed by atoms with E-state index in [-0.39, 0.29) is 0 Å². The largest absolute Gasteiger partial charge is 0.317 e. The van der Waals surface area contributed by atoms with Crippen molar-refractivity contribution < 1.29 is 0 Å². The molecule has 0 radical (unpaired) electrons. The molecule has 1 aliphatic rings. The second-order valence-corrected chi connectivity index (χ2v) is 5.38. The third-order valence-electron chi connectivity index (χ3n) is 4.15. The van der Waals surface area contributed by atoms with Gasteiger partial charge < -0.3 is 5.32 Å². The first kappa shape index (κ1) is 12.6. The molecule has 96 valence electrons. The van der Waals surface area contributed by atoms with E-state index in [1.54, 1.807) is 0 Å². The van der Waals surface area contributed by atoms with Crippen molar-refractivity contribution in [3.63, 3.8) is 0 Å². The molecule has 1 fully saturated rings. The highest BCUT2D eigenvalue weighted by atomic mass is 15.3. The van der Waals surface area contributed by atoms with Crippen LogP contribution in [0, 0.1) is 12.8 Å². The SMILES string of the molecule is CNC(CCc1cc(C)nn1C)C1CCCC1. The highest BCUT2D eigenvalue weighted by Gasteiger charge is 2.23. The van der Waals surface area contributed by atoms with E-state index in [1.807, 2.05) is 11.7 Å². The Morgan fingerprint density at radius 3 is 2.71 bits per heavy atom. The van der Waals surface area contributed by atoms with Crippen LogP contribution in [0.15, 0.2) is 6.07 Å². The molecule has 17 heavy (non-hydrogen) atoms. The molecule has 3 heteroatoms. The highest BCUT2D eigenvalue weighted by molar-refractivity contribution is 5.09. The number of rotatable bonds is 5. The van der Waals surface area contributed by atoms with Crippen LogP contribution in [0.5, 0.6) is 0 Å². The highest BCUT2D eigenvalue weighted by Crippen LogP contribution is 2.29. The summed E-state index contributed by atoms with van der Waals surface area (Å²) in [4.78, 5) is 0. The van der Waals surface area contributed by atoms with E-state index in [4.69, 9.17) is 0 Å².